The Bertz CT molecular complexity index is 404. The molecule has 1 atom stereocenters. The first-order chi connectivity index (χ1) is 9.96. The Morgan fingerprint density at radius 1 is 1.10 bits per heavy atom. The fourth-order valence-corrected chi connectivity index (χ4v) is 3.03. The van der Waals surface area contributed by atoms with Crippen molar-refractivity contribution < 1.29 is 19.8 Å². The van der Waals surface area contributed by atoms with E-state index in [4.69, 9.17) is 5.11 Å². The molecule has 2 saturated heterocycles. The number of carbonyl (C=O) groups excluding carboxylic acids is 1. The molecule has 2 aliphatic rings. The van der Waals surface area contributed by atoms with Gasteiger partial charge in [-0.3, -0.25) is 9.69 Å². The third-order valence-corrected chi connectivity index (χ3v) is 4.54. The van der Waals surface area contributed by atoms with Gasteiger partial charge in [0, 0.05) is 39.3 Å². The lowest BCUT2D eigenvalue weighted by Gasteiger charge is -2.28. The Labute approximate surface area is 125 Å². The summed E-state index contributed by atoms with van der Waals surface area (Å²) in [7, 11) is 0. The van der Waals surface area contributed by atoms with E-state index in [1.54, 1.807) is 11.8 Å². The molecule has 0 aromatic heterocycles. The van der Waals surface area contributed by atoms with Crippen molar-refractivity contribution in [3.63, 3.8) is 0 Å². The van der Waals surface area contributed by atoms with Gasteiger partial charge < -0.3 is 20.0 Å². The van der Waals surface area contributed by atoms with Gasteiger partial charge in [0.05, 0.1) is 12.0 Å². The highest BCUT2D eigenvalue weighted by molar-refractivity contribution is 5.79. The number of aliphatic carboxylic acids is 1. The Balaban J connectivity index is 1.90. The summed E-state index contributed by atoms with van der Waals surface area (Å²) in [4.78, 5) is 29.4. The van der Waals surface area contributed by atoms with Crippen molar-refractivity contribution in [2.45, 2.75) is 19.8 Å². The van der Waals surface area contributed by atoms with Gasteiger partial charge in [0.25, 0.3) is 0 Å². The number of carboxylic acid groups (broad SMARTS) is 1. The molecular weight excluding hydrogens is 274 g/mol. The number of rotatable bonds is 3. The summed E-state index contributed by atoms with van der Waals surface area (Å²) in [5, 5.41) is 18.2. The maximum atomic E-state index is 12.5. The van der Waals surface area contributed by atoms with Crippen molar-refractivity contribution in [3.05, 3.63) is 0 Å². The topological polar surface area (TPSA) is 84.3 Å². The lowest BCUT2D eigenvalue weighted by atomic mass is 9.90. The monoisotopic (exact) mass is 299 g/mol. The molecule has 0 saturated carbocycles. The second kappa shape index (κ2) is 6.62. The zero-order valence-corrected chi connectivity index (χ0v) is 12.6. The number of carbonyl (C=O) groups is 2. The molecule has 0 spiro atoms. The summed E-state index contributed by atoms with van der Waals surface area (Å²) in [6.45, 7) is 6.26. The third kappa shape index (κ3) is 3.65. The summed E-state index contributed by atoms with van der Waals surface area (Å²) in [6, 6.07) is -0.0502. The largest absolute Gasteiger partial charge is 0.481 e. The van der Waals surface area contributed by atoms with Gasteiger partial charge in [-0.1, -0.05) is 0 Å². The fourth-order valence-electron chi connectivity index (χ4n) is 3.03. The molecule has 2 rings (SSSR count). The van der Waals surface area contributed by atoms with Gasteiger partial charge in [0.15, 0.2) is 0 Å². The summed E-state index contributed by atoms with van der Waals surface area (Å²) >= 11 is 0. The minimum absolute atomic E-state index is 0.0502. The molecule has 21 heavy (non-hydrogen) atoms. The van der Waals surface area contributed by atoms with Gasteiger partial charge in [-0.2, -0.15) is 0 Å². The predicted octanol–water partition coefficient (Wildman–Crippen LogP) is -0.0970. The number of hydrogen-bond donors (Lipinski definition) is 2. The standard InChI is InChI=1S/C14H25N3O4/c1-14(12(19)20)3-6-17(11-14)13(21)16-5-2-4-15(7-8-16)9-10-18/h18H,2-11H2,1H3,(H,19,20). The van der Waals surface area contributed by atoms with Crippen LogP contribution in [0.15, 0.2) is 0 Å². The first-order valence-corrected chi connectivity index (χ1v) is 7.57. The Morgan fingerprint density at radius 3 is 2.48 bits per heavy atom. The highest BCUT2D eigenvalue weighted by atomic mass is 16.4. The maximum absolute atomic E-state index is 12.5. The van der Waals surface area contributed by atoms with Crippen LogP contribution in [0.1, 0.15) is 19.8 Å². The first kappa shape index (κ1) is 16.0. The van der Waals surface area contributed by atoms with Gasteiger partial charge >= 0.3 is 12.0 Å². The Hall–Kier alpha value is -1.34. The van der Waals surface area contributed by atoms with E-state index in [1.807, 2.05) is 4.90 Å². The van der Waals surface area contributed by atoms with Crippen LogP contribution in [0.5, 0.6) is 0 Å². The molecule has 0 aliphatic carbocycles. The van der Waals surface area contributed by atoms with Gasteiger partial charge in [-0.05, 0) is 26.3 Å². The van der Waals surface area contributed by atoms with Gasteiger partial charge in [0.2, 0.25) is 0 Å². The van der Waals surface area contributed by atoms with Gasteiger partial charge in [-0.15, -0.1) is 0 Å². The second-order valence-corrected chi connectivity index (χ2v) is 6.23. The fraction of sp³-hybridized carbons (Fsp3) is 0.857. The Morgan fingerprint density at radius 2 is 1.86 bits per heavy atom. The summed E-state index contributed by atoms with van der Waals surface area (Å²) in [5.41, 5.74) is -0.815. The van der Waals surface area contributed by atoms with Crippen molar-refractivity contribution in [3.8, 4) is 0 Å². The van der Waals surface area contributed by atoms with Crippen molar-refractivity contribution in [2.75, 3.05) is 52.4 Å². The molecule has 2 aliphatic heterocycles. The molecule has 2 N–H and O–H groups in total. The van der Waals surface area contributed by atoms with Crippen molar-refractivity contribution >= 4 is 12.0 Å². The highest BCUT2D eigenvalue weighted by Gasteiger charge is 2.43. The van der Waals surface area contributed by atoms with Crippen LogP contribution >= 0.6 is 0 Å². The number of β-amino-alcohol motifs (C(OH)–C–C–N with tert-alkyl or cyclic N) is 1. The van der Waals surface area contributed by atoms with E-state index in [-0.39, 0.29) is 19.2 Å². The molecule has 0 radical (unpaired) electrons. The Kier molecular flexibility index (Phi) is 5.05. The zero-order chi connectivity index (χ0) is 15.5. The van der Waals surface area contributed by atoms with E-state index in [0.717, 1.165) is 19.5 Å². The number of hydrogen-bond acceptors (Lipinski definition) is 4. The number of likely N-dealkylation sites (tertiary alicyclic amines) is 1. The van der Waals surface area contributed by atoms with E-state index in [1.165, 1.54) is 0 Å². The SMILES string of the molecule is CC1(C(=O)O)CCN(C(=O)N2CCCN(CCO)CC2)C1. The summed E-state index contributed by atoms with van der Waals surface area (Å²) in [5.74, 6) is -0.831. The van der Waals surface area contributed by atoms with Crippen molar-refractivity contribution in [1.82, 2.24) is 14.7 Å². The third-order valence-electron chi connectivity index (χ3n) is 4.54. The van der Waals surface area contributed by atoms with E-state index in [0.29, 0.717) is 32.6 Å². The van der Waals surface area contributed by atoms with Gasteiger partial charge in [-0.25, -0.2) is 4.79 Å². The van der Waals surface area contributed by atoms with Crippen LogP contribution in [0.3, 0.4) is 0 Å². The van der Waals surface area contributed by atoms with Crippen LogP contribution in [0.25, 0.3) is 0 Å². The molecule has 2 heterocycles. The molecule has 0 aromatic carbocycles. The van der Waals surface area contributed by atoms with Crippen LogP contribution in [0.4, 0.5) is 4.79 Å². The highest BCUT2D eigenvalue weighted by Crippen LogP contribution is 2.30. The number of nitrogens with zero attached hydrogens (tertiary/aromatic N) is 3. The maximum Gasteiger partial charge on any atom is 0.320 e. The molecule has 7 heteroatoms. The minimum Gasteiger partial charge on any atom is -0.481 e. The van der Waals surface area contributed by atoms with Crippen LogP contribution in [0.2, 0.25) is 0 Å². The summed E-state index contributed by atoms with van der Waals surface area (Å²) < 4.78 is 0. The smallest absolute Gasteiger partial charge is 0.320 e. The van der Waals surface area contributed by atoms with Crippen LogP contribution in [-0.4, -0.2) is 89.3 Å². The van der Waals surface area contributed by atoms with Crippen LogP contribution in [0, 0.1) is 5.41 Å². The van der Waals surface area contributed by atoms with Crippen molar-refractivity contribution in [1.29, 1.82) is 0 Å². The zero-order valence-electron chi connectivity index (χ0n) is 12.6. The lowest BCUT2D eigenvalue weighted by Crippen LogP contribution is -2.45. The van der Waals surface area contributed by atoms with E-state index < -0.39 is 11.4 Å². The predicted molar refractivity (Wildman–Crippen MR) is 77.0 cm³/mol. The number of aliphatic hydroxyl groups is 1. The molecule has 2 amide bonds. The molecule has 0 aromatic rings. The number of carboxylic acids is 1. The van der Waals surface area contributed by atoms with Crippen molar-refractivity contribution in [2.24, 2.45) is 5.41 Å². The molecule has 7 nitrogen and oxygen atoms in total. The van der Waals surface area contributed by atoms with Crippen LogP contribution < -0.4 is 0 Å². The van der Waals surface area contributed by atoms with Crippen LogP contribution in [-0.2, 0) is 4.79 Å². The second-order valence-electron chi connectivity index (χ2n) is 6.23. The average Bonchev–Trinajstić information content (AvgIpc) is 2.71. The quantitative estimate of drug-likeness (QED) is 0.760. The first-order valence-electron chi connectivity index (χ1n) is 7.57. The average molecular weight is 299 g/mol. The summed E-state index contributed by atoms with van der Waals surface area (Å²) in [6.07, 6.45) is 1.40. The molecule has 120 valence electrons. The number of amides is 2. The van der Waals surface area contributed by atoms with E-state index in [2.05, 4.69) is 4.90 Å². The molecule has 1 unspecified atom stereocenters. The van der Waals surface area contributed by atoms with E-state index in [9.17, 15) is 14.7 Å². The number of urea groups is 1. The molecule has 2 fully saturated rings. The normalized spacial score (nSPS) is 27.7. The molecule has 0 bridgehead atoms. The van der Waals surface area contributed by atoms with Gasteiger partial charge in [0.1, 0.15) is 0 Å². The van der Waals surface area contributed by atoms with E-state index >= 15 is 0 Å². The lowest BCUT2D eigenvalue weighted by molar-refractivity contribution is -0.147. The molecular formula is C14H25N3O4. The minimum atomic E-state index is -0.831. The number of aliphatic hydroxyl groups excluding tert-OH is 1.